The molecule has 0 atom stereocenters. The van der Waals surface area contributed by atoms with Gasteiger partial charge in [0, 0.05) is 11.6 Å². The molecule has 0 aliphatic heterocycles. The molecule has 1 fully saturated rings. The second-order valence-electron chi connectivity index (χ2n) is 7.07. The number of carboxylic acid groups (broad SMARTS) is 1. The van der Waals surface area contributed by atoms with Gasteiger partial charge in [-0.3, -0.25) is 4.79 Å². The number of rotatable bonds is 4. The summed E-state index contributed by atoms with van der Waals surface area (Å²) in [4.78, 5) is 23.7. The van der Waals surface area contributed by atoms with Crippen LogP contribution in [0.2, 0.25) is 0 Å². The summed E-state index contributed by atoms with van der Waals surface area (Å²) in [5.74, 6) is -0.967. The molecule has 2 N–H and O–H groups in total. The molecule has 3 rings (SSSR count). The van der Waals surface area contributed by atoms with Crippen molar-refractivity contribution in [2.24, 2.45) is 0 Å². The highest BCUT2D eigenvalue weighted by Crippen LogP contribution is 2.25. The number of aromatic carboxylic acids is 1. The van der Waals surface area contributed by atoms with Gasteiger partial charge in [-0.2, -0.15) is 0 Å². The van der Waals surface area contributed by atoms with E-state index in [1.165, 1.54) is 25.7 Å². The molecule has 4 nitrogen and oxygen atoms in total. The Morgan fingerprint density at radius 1 is 0.923 bits per heavy atom. The van der Waals surface area contributed by atoms with Crippen LogP contribution in [0.1, 0.15) is 64.8 Å². The number of hydrogen-bond acceptors (Lipinski definition) is 2. The lowest BCUT2D eigenvalue weighted by Crippen LogP contribution is -2.34. The van der Waals surface area contributed by atoms with E-state index in [1.54, 1.807) is 24.3 Å². The summed E-state index contributed by atoms with van der Waals surface area (Å²) in [6.07, 6.45) is 6.99. The predicted molar refractivity (Wildman–Crippen MR) is 103 cm³/mol. The standard InChI is InChI=1S/C22H25NO3/c1-15-8-9-18(21(24)23-19-6-4-2-3-5-7-19)14-20(15)16-10-12-17(13-11-16)22(25)26/h8-14,19H,2-7H2,1H3,(H,23,24)(H,25,26). The number of hydrogen-bond donors (Lipinski definition) is 2. The minimum atomic E-state index is -0.940. The summed E-state index contributed by atoms with van der Waals surface area (Å²) in [6, 6.07) is 12.7. The molecule has 136 valence electrons. The van der Waals surface area contributed by atoms with Gasteiger partial charge in [0.2, 0.25) is 0 Å². The van der Waals surface area contributed by atoms with E-state index < -0.39 is 5.97 Å². The van der Waals surface area contributed by atoms with Crippen LogP contribution >= 0.6 is 0 Å². The van der Waals surface area contributed by atoms with Gasteiger partial charge in [0.1, 0.15) is 0 Å². The first kappa shape index (κ1) is 18.2. The van der Waals surface area contributed by atoms with E-state index >= 15 is 0 Å². The maximum atomic E-state index is 12.7. The lowest BCUT2D eigenvalue weighted by atomic mass is 9.96. The Kier molecular flexibility index (Phi) is 5.71. The molecular formula is C22H25NO3. The van der Waals surface area contributed by atoms with Crippen LogP contribution < -0.4 is 5.32 Å². The third-order valence-corrected chi connectivity index (χ3v) is 5.13. The number of benzene rings is 2. The summed E-state index contributed by atoms with van der Waals surface area (Å²) in [5, 5.41) is 12.2. The number of nitrogens with one attached hydrogen (secondary N) is 1. The molecule has 1 aliphatic carbocycles. The number of carbonyl (C=O) groups excluding carboxylic acids is 1. The highest BCUT2D eigenvalue weighted by Gasteiger charge is 2.16. The van der Waals surface area contributed by atoms with E-state index in [-0.39, 0.29) is 17.5 Å². The molecule has 4 heteroatoms. The van der Waals surface area contributed by atoms with Crippen molar-refractivity contribution in [2.45, 2.75) is 51.5 Å². The quantitative estimate of drug-likeness (QED) is 0.777. The van der Waals surface area contributed by atoms with E-state index in [2.05, 4.69) is 5.32 Å². The minimum absolute atomic E-state index is 0.0275. The summed E-state index contributed by atoms with van der Waals surface area (Å²) in [6.45, 7) is 1.99. The van der Waals surface area contributed by atoms with Crippen molar-refractivity contribution in [3.05, 3.63) is 59.2 Å². The topological polar surface area (TPSA) is 66.4 Å². The molecule has 26 heavy (non-hydrogen) atoms. The predicted octanol–water partition coefficient (Wildman–Crippen LogP) is 4.81. The van der Waals surface area contributed by atoms with Crippen molar-refractivity contribution in [3.8, 4) is 11.1 Å². The molecule has 2 aromatic rings. The Morgan fingerprint density at radius 2 is 1.54 bits per heavy atom. The third kappa shape index (κ3) is 4.31. The summed E-state index contributed by atoms with van der Waals surface area (Å²) in [7, 11) is 0. The highest BCUT2D eigenvalue weighted by atomic mass is 16.4. The number of carbonyl (C=O) groups is 2. The Labute approximate surface area is 154 Å². The average molecular weight is 351 g/mol. The van der Waals surface area contributed by atoms with Crippen LogP contribution in [0, 0.1) is 6.92 Å². The maximum absolute atomic E-state index is 12.7. The maximum Gasteiger partial charge on any atom is 0.335 e. The average Bonchev–Trinajstić information content (AvgIpc) is 2.91. The van der Waals surface area contributed by atoms with Crippen molar-refractivity contribution in [1.82, 2.24) is 5.32 Å². The summed E-state index contributed by atoms with van der Waals surface area (Å²) in [5.41, 5.74) is 3.83. The van der Waals surface area contributed by atoms with Gasteiger partial charge in [0.25, 0.3) is 5.91 Å². The van der Waals surface area contributed by atoms with Crippen LogP contribution in [0.3, 0.4) is 0 Å². The molecule has 0 unspecified atom stereocenters. The molecule has 0 spiro atoms. The van der Waals surface area contributed by atoms with Gasteiger partial charge in [-0.25, -0.2) is 4.79 Å². The van der Waals surface area contributed by atoms with Crippen LogP contribution in [0.5, 0.6) is 0 Å². The second-order valence-corrected chi connectivity index (χ2v) is 7.07. The fourth-order valence-corrected chi connectivity index (χ4v) is 3.56. The monoisotopic (exact) mass is 351 g/mol. The Hall–Kier alpha value is -2.62. The van der Waals surface area contributed by atoms with Crippen molar-refractivity contribution >= 4 is 11.9 Å². The van der Waals surface area contributed by atoms with Crippen molar-refractivity contribution in [1.29, 1.82) is 0 Å². The zero-order valence-corrected chi connectivity index (χ0v) is 15.1. The Bertz CT molecular complexity index is 788. The molecule has 2 aromatic carbocycles. The van der Waals surface area contributed by atoms with Crippen LogP contribution in [-0.2, 0) is 0 Å². The van der Waals surface area contributed by atoms with Gasteiger partial charge in [-0.05, 0) is 60.7 Å². The molecule has 0 heterocycles. The molecule has 0 aromatic heterocycles. The molecular weight excluding hydrogens is 326 g/mol. The largest absolute Gasteiger partial charge is 0.478 e. The SMILES string of the molecule is Cc1ccc(C(=O)NC2CCCCCC2)cc1-c1ccc(C(=O)O)cc1. The Morgan fingerprint density at radius 3 is 2.15 bits per heavy atom. The van der Waals surface area contributed by atoms with Crippen LogP contribution in [0.4, 0.5) is 0 Å². The van der Waals surface area contributed by atoms with E-state index in [0.29, 0.717) is 5.56 Å². The first-order chi connectivity index (χ1) is 12.5. The van der Waals surface area contributed by atoms with E-state index in [4.69, 9.17) is 5.11 Å². The summed E-state index contributed by atoms with van der Waals surface area (Å²) < 4.78 is 0. The molecule has 0 bridgehead atoms. The van der Waals surface area contributed by atoms with Crippen LogP contribution in [0.25, 0.3) is 11.1 Å². The first-order valence-electron chi connectivity index (χ1n) is 9.30. The van der Waals surface area contributed by atoms with Gasteiger partial charge < -0.3 is 10.4 Å². The van der Waals surface area contributed by atoms with E-state index in [1.807, 2.05) is 25.1 Å². The van der Waals surface area contributed by atoms with Crippen molar-refractivity contribution < 1.29 is 14.7 Å². The van der Waals surface area contributed by atoms with Crippen molar-refractivity contribution in [3.63, 3.8) is 0 Å². The molecule has 0 saturated heterocycles. The number of carboxylic acids is 1. The van der Waals surface area contributed by atoms with E-state index in [0.717, 1.165) is 29.5 Å². The Balaban J connectivity index is 1.80. The lowest BCUT2D eigenvalue weighted by Gasteiger charge is -2.17. The summed E-state index contributed by atoms with van der Waals surface area (Å²) >= 11 is 0. The number of amides is 1. The smallest absolute Gasteiger partial charge is 0.335 e. The van der Waals surface area contributed by atoms with Gasteiger partial charge in [-0.1, -0.05) is 43.9 Å². The van der Waals surface area contributed by atoms with Crippen LogP contribution in [0.15, 0.2) is 42.5 Å². The van der Waals surface area contributed by atoms with Gasteiger partial charge >= 0.3 is 5.97 Å². The molecule has 1 amide bonds. The normalized spacial score (nSPS) is 15.3. The second kappa shape index (κ2) is 8.17. The zero-order chi connectivity index (χ0) is 18.5. The van der Waals surface area contributed by atoms with Gasteiger partial charge in [0.15, 0.2) is 0 Å². The van der Waals surface area contributed by atoms with Crippen LogP contribution in [-0.4, -0.2) is 23.0 Å². The minimum Gasteiger partial charge on any atom is -0.478 e. The highest BCUT2D eigenvalue weighted by molar-refractivity contribution is 5.96. The van der Waals surface area contributed by atoms with E-state index in [9.17, 15) is 9.59 Å². The fraction of sp³-hybridized carbons (Fsp3) is 0.364. The van der Waals surface area contributed by atoms with Gasteiger partial charge in [-0.15, -0.1) is 0 Å². The molecule has 1 aliphatic rings. The first-order valence-corrected chi connectivity index (χ1v) is 9.30. The zero-order valence-electron chi connectivity index (χ0n) is 15.1. The van der Waals surface area contributed by atoms with Crippen molar-refractivity contribution in [2.75, 3.05) is 0 Å². The third-order valence-electron chi connectivity index (χ3n) is 5.13. The van der Waals surface area contributed by atoms with Gasteiger partial charge in [0.05, 0.1) is 5.56 Å². The molecule has 1 saturated carbocycles. The lowest BCUT2D eigenvalue weighted by molar-refractivity contribution is 0.0696. The fourth-order valence-electron chi connectivity index (χ4n) is 3.56. The number of aryl methyl sites for hydroxylation is 1. The molecule has 0 radical (unpaired) electrons.